The summed E-state index contributed by atoms with van der Waals surface area (Å²) in [5.74, 6) is -4.83. The van der Waals surface area contributed by atoms with Crippen LogP contribution in [0.15, 0.2) is 77.4 Å². The Bertz CT molecular complexity index is 4630. The molecule has 3 aliphatic rings. The fourth-order valence-corrected chi connectivity index (χ4v) is 12.3. The lowest BCUT2D eigenvalue weighted by Gasteiger charge is -2.38. The van der Waals surface area contributed by atoms with Crippen LogP contribution >= 0.6 is 11.3 Å². The van der Waals surface area contributed by atoms with Gasteiger partial charge in [-0.25, -0.2) is 34.5 Å². The van der Waals surface area contributed by atoms with Crippen molar-refractivity contribution in [3.05, 3.63) is 118 Å². The number of carboxylic acids is 1. The molecule has 0 bridgehead atoms. The number of amides is 8. The minimum Gasteiger partial charge on any atom is -0.495 e. The van der Waals surface area contributed by atoms with Gasteiger partial charge in [-0.2, -0.15) is 0 Å². The highest BCUT2D eigenvalue weighted by Crippen LogP contribution is 2.46. The molecule has 0 spiro atoms. The number of fused-ring (bicyclic) bond motifs is 4. The lowest BCUT2D eigenvalue weighted by Crippen LogP contribution is -2.61. The van der Waals surface area contributed by atoms with Crippen LogP contribution in [0, 0.1) is 13.8 Å². The summed E-state index contributed by atoms with van der Waals surface area (Å²) in [4.78, 5) is 142. The third-order valence-corrected chi connectivity index (χ3v) is 17.6. The molecule has 33 nitrogen and oxygen atoms in total. The lowest BCUT2D eigenvalue weighted by atomic mass is 9.99. The number of hydrogen-bond donors (Lipinski definition) is 9. The molecule has 11 rings (SSSR count). The maximum atomic E-state index is 14.1. The van der Waals surface area contributed by atoms with Crippen molar-refractivity contribution in [2.24, 2.45) is 11.5 Å². The Morgan fingerprint density at radius 3 is 2.24 bits per heavy atom. The quantitative estimate of drug-likeness (QED) is 0.0182. The summed E-state index contributed by atoms with van der Waals surface area (Å²) in [5.41, 5.74) is 15.2. The van der Waals surface area contributed by atoms with Crippen LogP contribution in [0.2, 0.25) is 0 Å². The number of methoxy groups -OCH3 is 1. The van der Waals surface area contributed by atoms with Crippen molar-refractivity contribution in [3.63, 3.8) is 0 Å². The van der Waals surface area contributed by atoms with E-state index in [4.69, 9.17) is 59.5 Å². The number of anilines is 2. The van der Waals surface area contributed by atoms with E-state index >= 15 is 0 Å². The van der Waals surface area contributed by atoms with Gasteiger partial charge in [0.15, 0.2) is 17.8 Å². The zero-order valence-electron chi connectivity index (χ0n) is 54.6. The number of aliphatic carboxylic acids is 1. The van der Waals surface area contributed by atoms with Crippen LogP contribution in [0.25, 0.3) is 43.7 Å². The first-order valence-corrected chi connectivity index (χ1v) is 32.5. The third-order valence-electron chi connectivity index (χ3n) is 16.6. The average molecular weight is 1400 g/mol. The van der Waals surface area contributed by atoms with Gasteiger partial charge in [0.25, 0.3) is 17.7 Å². The van der Waals surface area contributed by atoms with Crippen LogP contribution in [0.3, 0.4) is 0 Å². The van der Waals surface area contributed by atoms with E-state index in [-0.39, 0.29) is 116 Å². The summed E-state index contributed by atoms with van der Waals surface area (Å²) in [6.45, 7) is 4.80. The number of primary amides is 2. The SMILES string of the molecule is CCc1nc(C)oc1C(=O)Nc1nc2cc(C(N)=O)cc(OCCCN(C)C(=O)OCc3ccc(O[C@@H]4O[C@H](C(=O)O)[C@@H](O)[C@H](O)[C@H]4O)c(NC(=O)CCNC(=O)CCN4C(=O)C=CC4=O)c3)c2n1C/C=C/Cn1c2nc(-c3sc(C)nc3C3CC3)ncc2c2cc(C(N)=O)cc(OC)c21. The van der Waals surface area contributed by atoms with Gasteiger partial charge < -0.3 is 84.7 Å². The molecule has 5 atom stereocenters. The van der Waals surface area contributed by atoms with Gasteiger partial charge in [-0.3, -0.25) is 43.8 Å². The highest BCUT2D eigenvalue weighted by Gasteiger charge is 2.48. The first kappa shape index (κ1) is 70.1. The van der Waals surface area contributed by atoms with Gasteiger partial charge >= 0.3 is 12.1 Å². The first-order chi connectivity index (χ1) is 47.9. The van der Waals surface area contributed by atoms with E-state index in [1.807, 2.05) is 30.6 Å². The first-order valence-electron chi connectivity index (χ1n) is 31.6. The number of thiazole rings is 1. The number of aliphatic hydroxyl groups excluding tert-OH is 3. The molecule has 3 aromatic carbocycles. The number of imide groups is 1. The van der Waals surface area contributed by atoms with Gasteiger partial charge in [-0.05, 0) is 74.6 Å². The molecule has 524 valence electrons. The zero-order chi connectivity index (χ0) is 71.4. The van der Waals surface area contributed by atoms with Gasteiger partial charge in [0.2, 0.25) is 41.6 Å². The molecule has 2 aliphatic heterocycles. The van der Waals surface area contributed by atoms with E-state index in [1.54, 1.807) is 29.8 Å². The van der Waals surface area contributed by atoms with Crippen molar-refractivity contribution in [1.82, 2.24) is 49.2 Å². The van der Waals surface area contributed by atoms with Gasteiger partial charge in [0.1, 0.15) is 53.3 Å². The van der Waals surface area contributed by atoms with Crippen molar-refractivity contribution in [3.8, 4) is 28.0 Å². The number of carbonyl (C=O) groups is 9. The molecule has 8 aromatic rings. The number of nitrogens with one attached hydrogen (secondary N) is 3. The minimum atomic E-state index is -2.03. The Labute approximate surface area is 571 Å². The van der Waals surface area contributed by atoms with Crippen LogP contribution in [-0.4, -0.2) is 189 Å². The normalized spacial score (nSPS) is 17.5. The number of carboxylic acid groups (broad SMARTS) is 1. The molecule has 1 saturated heterocycles. The number of benzene rings is 3. The van der Waals surface area contributed by atoms with Crippen molar-refractivity contribution in [1.29, 1.82) is 0 Å². The molecule has 11 N–H and O–H groups in total. The van der Waals surface area contributed by atoms with E-state index in [2.05, 4.69) is 20.9 Å². The topological polar surface area (TPSA) is 463 Å². The molecule has 100 heavy (non-hydrogen) atoms. The van der Waals surface area contributed by atoms with Crippen molar-refractivity contribution in [2.75, 3.05) is 51.0 Å². The Morgan fingerprint density at radius 2 is 1.54 bits per heavy atom. The summed E-state index contributed by atoms with van der Waals surface area (Å²) in [7, 11) is 2.95. The number of aryl methyl sites for hydroxylation is 3. The van der Waals surface area contributed by atoms with E-state index in [0.717, 1.165) is 45.5 Å². The Kier molecular flexibility index (Phi) is 21.0. The second-order valence-corrected chi connectivity index (χ2v) is 24.9. The summed E-state index contributed by atoms with van der Waals surface area (Å²) < 4.78 is 38.3. The highest BCUT2D eigenvalue weighted by atomic mass is 32.1. The summed E-state index contributed by atoms with van der Waals surface area (Å²) in [6, 6.07) is 10.2. The number of nitrogens with zero attached hydrogens (tertiary/aromatic N) is 9. The van der Waals surface area contributed by atoms with Crippen molar-refractivity contribution in [2.45, 2.75) is 116 Å². The largest absolute Gasteiger partial charge is 0.495 e. The van der Waals surface area contributed by atoms with Gasteiger partial charge in [0.05, 0.1) is 51.7 Å². The molecule has 0 unspecified atom stereocenters. The van der Waals surface area contributed by atoms with Gasteiger partial charge in [0, 0.05) is 106 Å². The van der Waals surface area contributed by atoms with E-state index in [0.29, 0.717) is 57.1 Å². The van der Waals surface area contributed by atoms with Crippen LogP contribution < -0.4 is 41.6 Å². The van der Waals surface area contributed by atoms with Crippen molar-refractivity contribution < 1.29 is 91.7 Å². The fourth-order valence-electron chi connectivity index (χ4n) is 11.4. The number of hydrogen-bond acceptors (Lipinski definition) is 24. The molecule has 0 radical (unpaired) electrons. The average Bonchev–Trinajstić information content (AvgIpc) is 1.58. The number of rotatable bonds is 29. The predicted molar refractivity (Wildman–Crippen MR) is 355 cm³/mol. The van der Waals surface area contributed by atoms with Crippen LogP contribution in [0.1, 0.15) is 104 Å². The lowest BCUT2D eigenvalue weighted by molar-refractivity contribution is -0.271. The smallest absolute Gasteiger partial charge is 0.409 e. The second-order valence-electron chi connectivity index (χ2n) is 23.7. The number of oxazole rings is 1. The number of allylic oxidation sites excluding steroid dienone is 2. The molecular weight excluding hydrogens is 1320 g/mol. The van der Waals surface area contributed by atoms with E-state index in [1.165, 1.54) is 60.7 Å². The Balaban J connectivity index is 0.804. The number of aromatic nitrogens is 7. The fraction of sp³-hybridized carbons (Fsp3) is 0.364. The van der Waals surface area contributed by atoms with Crippen LogP contribution in [0.4, 0.5) is 16.4 Å². The van der Waals surface area contributed by atoms with Crippen molar-refractivity contribution >= 4 is 109 Å². The molecular formula is C66H70N14O19S. The third kappa shape index (κ3) is 15.2. The standard InChI is InChI=1S/C66H70N14O19S/c1-6-39-55(97-31(2)71-39)62(90)76-65-74-41-26-36(59(68)89)28-44(51(41)80(65)21-8-7-20-79-50-37(25-35(58(67)88)27-43(50)94-5)38-29-70-60(75-61(38)79)57-49(34-11-12-34)72-32(3)100-57)95-23-9-19-77(4)66(93)96-30-33-10-13-42(98-64-54(87)52(85)53(86)56(99-64)63(91)92)40(24-33)73-46(82)16-18-69-45(81)17-22-78-47(83)14-15-48(78)84/h7-8,10,13-15,24-29,34,52-54,56,64,85-87H,6,9,11-12,16-23,30H2,1-5H3,(H2,67,88)(H2,68,89)(H,69,81)(H,73,82)(H,91,92)(H,74,76,90)/b8-7+/t52-,53-,54+,56-,64+/m0/s1. The number of aliphatic hydroxyl groups is 3. The molecule has 7 heterocycles. The van der Waals surface area contributed by atoms with Gasteiger partial charge in [-0.15, -0.1) is 11.3 Å². The zero-order valence-corrected chi connectivity index (χ0v) is 55.4. The summed E-state index contributed by atoms with van der Waals surface area (Å²) in [6.07, 6.45) is -1.15. The van der Waals surface area contributed by atoms with Gasteiger partial charge in [-0.1, -0.05) is 25.1 Å². The second kappa shape index (κ2) is 29.9. The predicted octanol–water partition coefficient (Wildman–Crippen LogP) is 3.89. The number of ether oxygens (including phenoxy) is 5. The number of carbonyl (C=O) groups excluding carboxylic acids is 8. The molecule has 1 saturated carbocycles. The number of imidazole rings is 1. The molecule has 5 aromatic heterocycles. The minimum absolute atomic E-state index is 0.0262. The maximum Gasteiger partial charge on any atom is 0.409 e. The van der Waals surface area contributed by atoms with E-state index in [9.17, 15) is 63.6 Å². The molecule has 1 aliphatic carbocycles. The monoisotopic (exact) mass is 1390 g/mol. The van der Waals surface area contributed by atoms with Crippen LogP contribution in [0.5, 0.6) is 17.2 Å². The van der Waals surface area contributed by atoms with Crippen LogP contribution in [-0.2, 0) is 59.6 Å². The molecule has 34 heteroatoms. The highest BCUT2D eigenvalue weighted by molar-refractivity contribution is 7.15. The molecule has 2 fully saturated rings. The Hall–Kier alpha value is -11.2. The number of nitrogens with two attached hydrogens (primary N) is 2. The maximum absolute atomic E-state index is 14.1. The Morgan fingerprint density at radius 1 is 0.820 bits per heavy atom. The van der Waals surface area contributed by atoms with E-state index < -0.39 is 90.7 Å². The molecule has 8 amide bonds. The summed E-state index contributed by atoms with van der Waals surface area (Å²) in [5, 5.41) is 51.2. The summed E-state index contributed by atoms with van der Waals surface area (Å²) >= 11 is 1.52.